The summed E-state index contributed by atoms with van der Waals surface area (Å²) in [4.78, 5) is 40.6. The van der Waals surface area contributed by atoms with E-state index in [1.807, 2.05) is 0 Å². The molecule has 0 unspecified atom stereocenters. The number of amides is 1. The molecule has 0 aliphatic heterocycles. The molecule has 4 rings (SSSR count). The van der Waals surface area contributed by atoms with E-state index in [1.54, 1.807) is 42.5 Å². The highest BCUT2D eigenvalue weighted by molar-refractivity contribution is 6.09. The molecule has 0 aliphatic rings. The zero-order chi connectivity index (χ0) is 21.3. The van der Waals surface area contributed by atoms with Crippen LogP contribution in [0, 0.1) is 10.1 Å². The lowest BCUT2D eigenvalue weighted by Crippen LogP contribution is -2.29. The SMILES string of the molecule is O=C(Nc1cccc([N+](=O)[O-])c1)c1c(O)c2cccnc2n(-c2ccccc2)c1=O. The summed E-state index contributed by atoms with van der Waals surface area (Å²) >= 11 is 0. The van der Waals surface area contributed by atoms with E-state index in [2.05, 4.69) is 10.3 Å². The fraction of sp³-hybridized carbons (Fsp3) is 0. The molecule has 0 radical (unpaired) electrons. The molecule has 2 N–H and O–H groups in total. The van der Waals surface area contributed by atoms with Gasteiger partial charge in [0.05, 0.1) is 16.0 Å². The van der Waals surface area contributed by atoms with Gasteiger partial charge in [-0.2, -0.15) is 0 Å². The van der Waals surface area contributed by atoms with Gasteiger partial charge >= 0.3 is 0 Å². The van der Waals surface area contributed by atoms with E-state index in [-0.39, 0.29) is 22.4 Å². The van der Waals surface area contributed by atoms with Gasteiger partial charge in [0, 0.05) is 24.0 Å². The Hall–Kier alpha value is -4.53. The Kier molecular flexibility index (Phi) is 4.69. The predicted molar refractivity (Wildman–Crippen MR) is 110 cm³/mol. The Morgan fingerprint density at radius 3 is 2.57 bits per heavy atom. The number of benzene rings is 2. The fourth-order valence-electron chi connectivity index (χ4n) is 3.12. The van der Waals surface area contributed by atoms with Crippen molar-refractivity contribution in [2.75, 3.05) is 5.32 Å². The van der Waals surface area contributed by atoms with Gasteiger partial charge in [-0.1, -0.05) is 24.3 Å². The second-order valence-electron chi connectivity index (χ2n) is 6.34. The van der Waals surface area contributed by atoms with Crippen molar-refractivity contribution in [3.63, 3.8) is 0 Å². The fourth-order valence-corrected chi connectivity index (χ4v) is 3.12. The summed E-state index contributed by atoms with van der Waals surface area (Å²) < 4.78 is 1.23. The zero-order valence-corrected chi connectivity index (χ0v) is 15.4. The van der Waals surface area contributed by atoms with Gasteiger partial charge in [-0.15, -0.1) is 0 Å². The highest BCUT2D eigenvalue weighted by Gasteiger charge is 2.24. The lowest BCUT2D eigenvalue weighted by atomic mass is 10.1. The van der Waals surface area contributed by atoms with Crippen molar-refractivity contribution < 1.29 is 14.8 Å². The third kappa shape index (κ3) is 3.24. The van der Waals surface area contributed by atoms with E-state index in [4.69, 9.17) is 0 Å². The molecule has 0 bridgehead atoms. The van der Waals surface area contributed by atoms with Gasteiger partial charge in [-0.3, -0.25) is 24.3 Å². The van der Waals surface area contributed by atoms with Crippen LogP contribution in [0.2, 0.25) is 0 Å². The zero-order valence-electron chi connectivity index (χ0n) is 15.4. The molecule has 9 nitrogen and oxygen atoms in total. The number of carbonyl (C=O) groups is 1. The Morgan fingerprint density at radius 2 is 1.83 bits per heavy atom. The van der Waals surface area contributed by atoms with Gasteiger partial charge in [-0.05, 0) is 30.3 Å². The Labute approximate surface area is 169 Å². The van der Waals surface area contributed by atoms with Crippen LogP contribution in [0.25, 0.3) is 16.7 Å². The van der Waals surface area contributed by atoms with Crippen LogP contribution < -0.4 is 10.9 Å². The molecule has 0 atom stereocenters. The maximum atomic E-state index is 13.2. The standard InChI is InChI=1S/C21H14N4O5/c26-18-16-10-5-11-22-19(16)24(14-7-2-1-3-8-14)21(28)17(18)20(27)23-13-6-4-9-15(12-13)25(29)30/h1-12,26H,(H,23,27). The summed E-state index contributed by atoms with van der Waals surface area (Å²) in [7, 11) is 0. The third-order valence-corrected chi connectivity index (χ3v) is 4.46. The van der Waals surface area contributed by atoms with E-state index in [1.165, 1.54) is 29.0 Å². The van der Waals surface area contributed by atoms with E-state index in [0.29, 0.717) is 5.69 Å². The normalized spacial score (nSPS) is 10.7. The minimum absolute atomic E-state index is 0.116. The van der Waals surface area contributed by atoms with Gasteiger partial charge in [0.15, 0.2) is 5.65 Å². The monoisotopic (exact) mass is 402 g/mol. The van der Waals surface area contributed by atoms with Gasteiger partial charge in [0.25, 0.3) is 17.2 Å². The molecule has 2 aromatic carbocycles. The van der Waals surface area contributed by atoms with Crippen molar-refractivity contribution in [2.45, 2.75) is 0 Å². The van der Waals surface area contributed by atoms with Crippen LogP contribution in [-0.2, 0) is 0 Å². The summed E-state index contributed by atoms with van der Waals surface area (Å²) in [5.41, 5.74) is -0.709. The van der Waals surface area contributed by atoms with E-state index in [0.717, 1.165) is 6.07 Å². The summed E-state index contributed by atoms with van der Waals surface area (Å²) in [6, 6.07) is 17.0. The number of anilines is 1. The molecule has 148 valence electrons. The van der Waals surface area contributed by atoms with Crippen molar-refractivity contribution in [1.29, 1.82) is 0 Å². The quantitative estimate of drug-likeness (QED) is 0.398. The highest BCUT2D eigenvalue weighted by Crippen LogP contribution is 2.27. The number of non-ortho nitro benzene ring substituents is 1. The molecule has 0 saturated carbocycles. The van der Waals surface area contributed by atoms with Crippen molar-refractivity contribution in [3.8, 4) is 11.4 Å². The van der Waals surface area contributed by atoms with Crippen LogP contribution in [-0.4, -0.2) is 25.5 Å². The van der Waals surface area contributed by atoms with Crippen LogP contribution in [0.4, 0.5) is 11.4 Å². The van der Waals surface area contributed by atoms with E-state index in [9.17, 15) is 24.8 Å². The Bertz CT molecular complexity index is 1350. The summed E-state index contributed by atoms with van der Waals surface area (Å²) in [6.07, 6.45) is 1.48. The average Bonchev–Trinajstić information content (AvgIpc) is 2.75. The first kappa shape index (κ1) is 18.8. The molecule has 0 aliphatic carbocycles. The molecule has 0 fully saturated rings. The van der Waals surface area contributed by atoms with Gasteiger partial charge < -0.3 is 10.4 Å². The summed E-state index contributed by atoms with van der Waals surface area (Å²) in [5, 5.41) is 24.3. The van der Waals surface area contributed by atoms with Crippen LogP contribution >= 0.6 is 0 Å². The van der Waals surface area contributed by atoms with Crippen molar-refractivity contribution >= 4 is 28.3 Å². The largest absolute Gasteiger partial charge is 0.506 e. The molecule has 30 heavy (non-hydrogen) atoms. The van der Waals surface area contributed by atoms with Crippen molar-refractivity contribution in [1.82, 2.24) is 9.55 Å². The first-order valence-electron chi connectivity index (χ1n) is 8.81. The number of hydrogen-bond acceptors (Lipinski definition) is 6. The van der Waals surface area contributed by atoms with Gasteiger partial charge in [0.2, 0.25) is 0 Å². The maximum absolute atomic E-state index is 13.2. The summed E-state index contributed by atoms with van der Waals surface area (Å²) in [6.45, 7) is 0. The molecule has 4 aromatic rings. The number of hydrogen-bond donors (Lipinski definition) is 2. The second-order valence-corrected chi connectivity index (χ2v) is 6.34. The second kappa shape index (κ2) is 7.47. The first-order valence-corrected chi connectivity index (χ1v) is 8.81. The number of aromatic nitrogens is 2. The third-order valence-electron chi connectivity index (χ3n) is 4.46. The minimum atomic E-state index is -0.895. The van der Waals surface area contributed by atoms with E-state index < -0.39 is 27.7 Å². The molecule has 0 saturated heterocycles. The topological polar surface area (TPSA) is 127 Å². The number of fused-ring (bicyclic) bond motifs is 1. The lowest BCUT2D eigenvalue weighted by molar-refractivity contribution is -0.384. The summed E-state index contributed by atoms with van der Waals surface area (Å²) in [5.74, 6) is -1.41. The molecule has 2 aromatic heterocycles. The lowest BCUT2D eigenvalue weighted by Gasteiger charge is -2.14. The number of nitrogens with one attached hydrogen (secondary N) is 1. The Balaban J connectivity index is 1.89. The Morgan fingerprint density at radius 1 is 1.07 bits per heavy atom. The van der Waals surface area contributed by atoms with Crippen LogP contribution in [0.5, 0.6) is 5.75 Å². The maximum Gasteiger partial charge on any atom is 0.273 e. The molecule has 1 amide bonds. The van der Waals surface area contributed by atoms with Gasteiger partial charge in [0.1, 0.15) is 11.3 Å². The average molecular weight is 402 g/mol. The molecular formula is C21H14N4O5. The molecule has 2 heterocycles. The number of pyridine rings is 2. The predicted octanol–water partition coefficient (Wildman–Crippen LogP) is 3.25. The number of nitro benzene ring substituents is 1. The highest BCUT2D eigenvalue weighted by atomic mass is 16.6. The van der Waals surface area contributed by atoms with Gasteiger partial charge in [-0.25, -0.2) is 4.98 Å². The minimum Gasteiger partial charge on any atom is -0.506 e. The van der Waals surface area contributed by atoms with Crippen LogP contribution in [0.3, 0.4) is 0 Å². The first-order chi connectivity index (χ1) is 14.5. The number of carbonyl (C=O) groups excluding carboxylic acids is 1. The number of para-hydroxylation sites is 1. The van der Waals surface area contributed by atoms with Crippen molar-refractivity contribution in [2.24, 2.45) is 0 Å². The molecule has 9 heteroatoms. The number of nitro groups is 1. The number of aromatic hydroxyl groups is 1. The molecule has 0 spiro atoms. The van der Waals surface area contributed by atoms with Crippen LogP contribution in [0.1, 0.15) is 10.4 Å². The number of rotatable bonds is 4. The molecular weight excluding hydrogens is 388 g/mol. The van der Waals surface area contributed by atoms with E-state index >= 15 is 0 Å². The number of nitrogens with zero attached hydrogens (tertiary/aromatic N) is 3. The van der Waals surface area contributed by atoms with Crippen LogP contribution in [0.15, 0.2) is 77.7 Å². The smallest absolute Gasteiger partial charge is 0.273 e. The van der Waals surface area contributed by atoms with Crippen molar-refractivity contribution in [3.05, 3.63) is 99.0 Å².